The van der Waals surface area contributed by atoms with Gasteiger partial charge in [0.25, 0.3) is 0 Å². The SMILES string of the molecule is Nc1nnc(SCC(=O)O)n1-c1cc(F)cc(F)c1F. The van der Waals surface area contributed by atoms with Crippen molar-refractivity contribution in [2.75, 3.05) is 11.5 Å². The number of carboxylic acid groups (broad SMARTS) is 1. The van der Waals surface area contributed by atoms with Gasteiger partial charge in [0.1, 0.15) is 5.82 Å². The smallest absolute Gasteiger partial charge is 0.313 e. The fraction of sp³-hybridized carbons (Fsp3) is 0.100. The van der Waals surface area contributed by atoms with E-state index in [0.29, 0.717) is 23.9 Å². The molecule has 0 radical (unpaired) electrons. The van der Waals surface area contributed by atoms with E-state index in [9.17, 15) is 18.0 Å². The molecule has 0 bridgehead atoms. The van der Waals surface area contributed by atoms with Gasteiger partial charge in [-0.15, -0.1) is 10.2 Å². The van der Waals surface area contributed by atoms with Crippen molar-refractivity contribution in [3.8, 4) is 5.69 Å². The monoisotopic (exact) mass is 304 g/mol. The van der Waals surface area contributed by atoms with Crippen molar-refractivity contribution < 1.29 is 23.1 Å². The summed E-state index contributed by atoms with van der Waals surface area (Å²) in [6, 6.07) is 1.09. The summed E-state index contributed by atoms with van der Waals surface area (Å²) in [5.41, 5.74) is 4.94. The number of anilines is 1. The lowest BCUT2D eigenvalue weighted by molar-refractivity contribution is -0.133. The minimum absolute atomic E-state index is 0.0891. The van der Waals surface area contributed by atoms with Gasteiger partial charge in [-0.3, -0.25) is 9.36 Å². The fourth-order valence-corrected chi connectivity index (χ4v) is 2.10. The number of thioether (sulfide) groups is 1. The van der Waals surface area contributed by atoms with Gasteiger partial charge in [-0.1, -0.05) is 11.8 Å². The summed E-state index contributed by atoms with van der Waals surface area (Å²) in [4.78, 5) is 10.5. The number of nitrogen functional groups attached to an aromatic ring is 1. The van der Waals surface area contributed by atoms with Crippen LogP contribution in [0.2, 0.25) is 0 Å². The molecule has 0 saturated carbocycles. The second-order valence-electron chi connectivity index (χ2n) is 3.58. The first-order valence-electron chi connectivity index (χ1n) is 5.10. The van der Waals surface area contributed by atoms with Gasteiger partial charge in [0.2, 0.25) is 5.95 Å². The van der Waals surface area contributed by atoms with Crippen LogP contribution in [0, 0.1) is 17.5 Å². The van der Waals surface area contributed by atoms with Crippen molar-refractivity contribution in [1.82, 2.24) is 14.8 Å². The number of benzene rings is 1. The number of aromatic nitrogens is 3. The van der Waals surface area contributed by atoms with Crippen LogP contribution < -0.4 is 5.73 Å². The molecule has 0 atom stereocenters. The van der Waals surface area contributed by atoms with Gasteiger partial charge in [-0.25, -0.2) is 13.2 Å². The number of carbonyl (C=O) groups is 1. The first kappa shape index (κ1) is 14.2. The largest absolute Gasteiger partial charge is 0.481 e. The van der Waals surface area contributed by atoms with Crippen LogP contribution in [-0.4, -0.2) is 31.6 Å². The van der Waals surface area contributed by atoms with Gasteiger partial charge in [0.15, 0.2) is 16.8 Å². The van der Waals surface area contributed by atoms with Crippen LogP contribution in [0.1, 0.15) is 0 Å². The van der Waals surface area contributed by atoms with E-state index in [4.69, 9.17) is 10.8 Å². The molecule has 0 amide bonds. The maximum Gasteiger partial charge on any atom is 0.313 e. The van der Waals surface area contributed by atoms with Gasteiger partial charge in [0.05, 0.1) is 11.4 Å². The molecule has 106 valence electrons. The Morgan fingerprint density at radius 3 is 2.70 bits per heavy atom. The maximum atomic E-state index is 13.7. The van der Waals surface area contributed by atoms with Crippen LogP contribution in [0.5, 0.6) is 0 Å². The zero-order valence-electron chi connectivity index (χ0n) is 9.68. The number of aliphatic carboxylic acids is 1. The van der Waals surface area contributed by atoms with Crippen molar-refractivity contribution in [2.45, 2.75) is 5.16 Å². The number of nitrogens with two attached hydrogens (primary N) is 1. The molecule has 2 aromatic rings. The molecule has 0 aliphatic rings. The Hall–Kier alpha value is -2.23. The molecule has 6 nitrogen and oxygen atoms in total. The number of carboxylic acids is 1. The molecule has 0 spiro atoms. The first-order valence-corrected chi connectivity index (χ1v) is 6.09. The highest BCUT2D eigenvalue weighted by atomic mass is 32.2. The Bertz CT molecular complexity index is 677. The van der Waals surface area contributed by atoms with Crippen molar-refractivity contribution in [3.05, 3.63) is 29.6 Å². The third-order valence-corrected chi connectivity index (χ3v) is 3.11. The third kappa shape index (κ3) is 2.69. The highest BCUT2D eigenvalue weighted by Crippen LogP contribution is 2.26. The van der Waals surface area contributed by atoms with Crippen LogP contribution in [0.15, 0.2) is 17.3 Å². The molecule has 0 aliphatic heterocycles. The van der Waals surface area contributed by atoms with Crippen LogP contribution in [0.25, 0.3) is 5.69 Å². The summed E-state index contributed by atoms with van der Waals surface area (Å²) in [5.74, 6) is -5.60. The number of nitrogens with zero attached hydrogens (tertiary/aromatic N) is 3. The van der Waals surface area contributed by atoms with Gasteiger partial charge < -0.3 is 10.8 Å². The van der Waals surface area contributed by atoms with Crippen LogP contribution in [0.4, 0.5) is 19.1 Å². The molecular weight excluding hydrogens is 297 g/mol. The Morgan fingerprint density at radius 2 is 2.05 bits per heavy atom. The molecule has 2 rings (SSSR count). The van der Waals surface area contributed by atoms with Crippen molar-refractivity contribution in [2.24, 2.45) is 0 Å². The van der Waals surface area contributed by atoms with E-state index in [0.717, 1.165) is 4.57 Å². The summed E-state index contributed by atoms with van der Waals surface area (Å²) in [7, 11) is 0. The quantitative estimate of drug-likeness (QED) is 0.656. The predicted octanol–water partition coefficient (Wildman–Crippen LogP) is 1.44. The molecule has 10 heteroatoms. The number of hydrogen-bond acceptors (Lipinski definition) is 5. The van der Waals surface area contributed by atoms with E-state index in [1.165, 1.54) is 0 Å². The van der Waals surface area contributed by atoms with Gasteiger partial charge in [-0.2, -0.15) is 0 Å². The van der Waals surface area contributed by atoms with E-state index >= 15 is 0 Å². The van der Waals surface area contributed by atoms with Crippen molar-refractivity contribution >= 4 is 23.7 Å². The standard InChI is InChI=1S/C10H7F3N4O2S/c11-4-1-5(12)8(13)6(2-4)17-9(14)15-16-10(17)20-3-7(18)19/h1-2H,3H2,(H2,14,15)(H,18,19). The maximum absolute atomic E-state index is 13.7. The lowest BCUT2D eigenvalue weighted by Crippen LogP contribution is -2.08. The van der Waals surface area contributed by atoms with E-state index in [1.807, 2.05) is 0 Å². The molecule has 1 aromatic heterocycles. The summed E-state index contributed by atoms with van der Waals surface area (Å²) in [6.07, 6.45) is 0. The minimum Gasteiger partial charge on any atom is -0.481 e. The normalized spacial score (nSPS) is 10.8. The van der Waals surface area contributed by atoms with E-state index < -0.39 is 34.9 Å². The van der Waals surface area contributed by atoms with Crippen LogP contribution in [-0.2, 0) is 4.79 Å². The third-order valence-electron chi connectivity index (χ3n) is 2.20. The second kappa shape index (κ2) is 5.41. The average molecular weight is 304 g/mol. The van der Waals surface area contributed by atoms with Crippen molar-refractivity contribution in [3.63, 3.8) is 0 Å². The van der Waals surface area contributed by atoms with Crippen molar-refractivity contribution in [1.29, 1.82) is 0 Å². The first-order chi connectivity index (χ1) is 9.40. The number of rotatable bonds is 4. The Kier molecular flexibility index (Phi) is 3.84. The minimum atomic E-state index is -1.40. The van der Waals surface area contributed by atoms with Gasteiger partial charge in [0, 0.05) is 12.1 Å². The highest BCUT2D eigenvalue weighted by Gasteiger charge is 2.20. The molecule has 1 heterocycles. The van der Waals surface area contributed by atoms with Gasteiger partial charge >= 0.3 is 5.97 Å². The fourth-order valence-electron chi connectivity index (χ4n) is 1.43. The van der Waals surface area contributed by atoms with Crippen LogP contribution in [0.3, 0.4) is 0 Å². The molecule has 0 fully saturated rings. The van der Waals surface area contributed by atoms with E-state index in [1.54, 1.807) is 0 Å². The lowest BCUT2D eigenvalue weighted by Gasteiger charge is -2.09. The summed E-state index contributed by atoms with van der Waals surface area (Å²) < 4.78 is 40.9. The molecular formula is C10H7F3N4O2S. The summed E-state index contributed by atoms with van der Waals surface area (Å²) in [6.45, 7) is 0. The average Bonchev–Trinajstić information content (AvgIpc) is 2.72. The highest BCUT2D eigenvalue weighted by molar-refractivity contribution is 7.99. The molecule has 3 N–H and O–H groups in total. The Labute approximate surface area is 114 Å². The summed E-state index contributed by atoms with van der Waals surface area (Å²) in [5, 5.41) is 15.5. The molecule has 0 aliphatic carbocycles. The van der Waals surface area contributed by atoms with Crippen LogP contribution >= 0.6 is 11.8 Å². The summed E-state index contributed by atoms with van der Waals surface area (Å²) >= 11 is 0.689. The Balaban J connectivity index is 2.52. The van der Waals surface area contributed by atoms with E-state index in [-0.39, 0.29) is 11.1 Å². The van der Waals surface area contributed by atoms with Gasteiger partial charge in [-0.05, 0) is 0 Å². The molecule has 0 saturated heterocycles. The molecule has 0 unspecified atom stereocenters. The second-order valence-corrected chi connectivity index (χ2v) is 4.52. The zero-order valence-corrected chi connectivity index (χ0v) is 10.5. The van der Waals surface area contributed by atoms with E-state index in [2.05, 4.69) is 10.2 Å². The number of hydrogen-bond donors (Lipinski definition) is 2. The number of halogens is 3. The predicted molar refractivity (Wildman–Crippen MR) is 64.0 cm³/mol. The molecule has 20 heavy (non-hydrogen) atoms. The topological polar surface area (TPSA) is 94.0 Å². The lowest BCUT2D eigenvalue weighted by atomic mass is 10.3. The Morgan fingerprint density at radius 1 is 1.35 bits per heavy atom. The molecule has 1 aromatic carbocycles. The zero-order chi connectivity index (χ0) is 14.9.